The van der Waals surface area contributed by atoms with E-state index in [2.05, 4.69) is 32.6 Å². The maximum absolute atomic E-state index is 2.74. The Kier molecular flexibility index (Phi) is 2.39. The van der Waals surface area contributed by atoms with Crippen molar-refractivity contribution in [2.75, 3.05) is 13.1 Å². The minimum atomic E-state index is 0.845. The molecule has 0 saturated carbocycles. The van der Waals surface area contributed by atoms with E-state index in [4.69, 9.17) is 0 Å². The molecule has 4 atom stereocenters. The summed E-state index contributed by atoms with van der Waals surface area (Å²) in [6.07, 6.45) is 1.46. The van der Waals surface area contributed by atoms with E-state index >= 15 is 0 Å². The number of nitrogens with zero attached hydrogens (tertiary/aromatic N) is 1. The lowest BCUT2D eigenvalue weighted by Gasteiger charge is -2.37. The largest absolute Gasteiger partial charge is 0.300 e. The van der Waals surface area contributed by atoms with Crippen LogP contribution in [0.5, 0.6) is 0 Å². The van der Waals surface area contributed by atoms with E-state index in [9.17, 15) is 0 Å². The van der Waals surface area contributed by atoms with Gasteiger partial charge in [-0.25, -0.2) is 0 Å². The fourth-order valence-electron chi connectivity index (χ4n) is 3.73. The van der Waals surface area contributed by atoms with Crippen molar-refractivity contribution in [2.24, 2.45) is 23.7 Å². The molecule has 2 fully saturated rings. The summed E-state index contributed by atoms with van der Waals surface area (Å²) < 4.78 is 0. The van der Waals surface area contributed by atoms with Gasteiger partial charge in [0.25, 0.3) is 0 Å². The van der Waals surface area contributed by atoms with E-state index in [1.807, 2.05) is 0 Å². The Morgan fingerprint density at radius 3 is 2.23 bits per heavy atom. The maximum atomic E-state index is 2.74. The first-order valence-electron chi connectivity index (χ1n) is 5.85. The lowest BCUT2D eigenvalue weighted by atomic mass is 9.75. The first kappa shape index (κ1) is 9.51. The summed E-state index contributed by atoms with van der Waals surface area (Å²) >= 11 is 0. The first-order valence-corrected chi connectivity index (χ1v) is 5.85. The third-order valence-corrected chi connectivity index (χ3v) is 4.07. The van der Waals surface area contributed by atoms with Crippen LogP contribution in [0.1, 0.15) is 34.1 Å². The van der Waals surface area contributed by atoms with Crippen LogP contribution in [-0.2, 0) is 0 Å². The normalized spacial score (nSPS) is 43.8. The molecule has 0 N–H and O–H groups in total. The van der Waals surface area contributed by atoms with Crippen LogP contribution in [0.2, 0.25) is 0 Å². The smallest absolute Gasteiger partial charge is 0.0152 e. The van der Waals surface area contributed by atoms with E-state index in [-0.39, 0.29) is 0 Å². The van der Waals surface area contributed by atoms with Crippen molar-refractivity contribution in [1.82, 2.24) is 4.90 Å². The number of rotatable bonds is 2. The predicted octanol–water partition coefficient (Wildman–Crippen LogP) is 2.62. The summed E-state index contributed by atoms with van der Waals surface area (Å²) in [5.41, 5.74) is 0. The van der Waals surface area contributed by atoms with Gasteiger partial charge in [0.1, 0.15) is 0 Å². The van der Waals surface area contributed by atoms with Crippen molar-refractivity contribution >= 4 is 0 Å². The van der Waals surface area contributed by atoms with Gasteiger partial charge in [0.2, 0.25) is 0 Å². The zero-order valence-electron chi connectivity index (χ0n) is 9.46. The van der Waals surface area contributed by atoms with E-state index in [1.54, 1.807) is 0 Å². The van der Waals surface area contributed by atoms with Gasteiger partial charge in [-0.15, -0.1) is 0 Å². The van der Waals surface area contributed by atoms with Crippen LogP contribution < -0.4 is 0 Å². The third kappa shape index (κ3) is 1.41. The molecule has 1 nitrogen and oxygen atoms in total. The average molecular weight is 181 g/mol. The molecule has 0 spiro atoms. The molecule has 0 radical (unpaired) electrons. The number of fused-ring (bicyclic) bond motifs is 2. The Hall–Kier alpha value is -0.0400. The van der Waals surface area contributed by atoms with Crippen molar-refractivity contribution in [1.29, 1.82) is 0 Å². The van der Waals surface area contributed by atoms with Gasteiger partial charge in [0.05, 0.1) is 0 Å². The summed E-state index contributed by atoms with van der Waals surface area (Å²) in [6.45, 7) is 12.4. The van der Waals surface area contributed by atoms with Crippen LogP contribution in [0.25, 0.3) is 0 Å². The molecule has 13 heavy (non-hydrogen) atoms. The highest BCUT2D eigenvalue weighted by molar-refractivity contribution is 5.00. The Morgan fingerprint density at radius 2 is 1.77 bits per heavy atom. The van der Waals surface area contributed by atoms with Crippen LogP contribution in [-0.4, -0.2) is 24.0 Å². The molecule has 0 amide bonds. The molecule has 0 aromatic carbocycles. The summed E-state index contributed by atoms with van der Waals surface area (Å²) in [5, 5.41) is 0. The fraction of sp³-hybridized carbons (Fsp3) is 1.00. The van der Waals surface area contributed by atoms with Gasteiger partial charge < -0.3 is 0 Å². The Labute approximate surface area is 82.5 Å². The molecule has 2 aliphatic heterocycles. The maximum Gasteiger partial charge on any atom is 0.0152 e. The Balaban J connectivity index is 2.15. The minimum Gasteiger partial charge on any atom is -0.300 e. The minimum absolute atomic E-state index is 0.845. The second-order valence-electron chi connectivity index (χ2n) is 5.60. The van der Waals surface area contributed by atoms with Gasteiger partial charge in [0.15, 0.2) is 0 Å². The molecule has 1 heteroatoms. The van der Waals surface area contributed by atoms with Crippen LogP contribution in [0, 0.1) is 23.7 Å². The van der Waals surface area contributed by atoms with Gasteiger partial charge in [-0.2, -0.15) is 0 Å². The van der Waals surface area contributed by atoms with E-state index in [0.717, 1.165) is 29.7 Å². The highest BCUT2D eigenvalue weighted by Crippen LogP contribution is 2.44. The highest BCUT2D eigenvalue weighted by Gasteiger charge is 2.47. The quantitative estimate of drug-likeness (QED) is 0.633. The fourth-order valence-corrected chi connectivity index (χ4v) is 3.73. The summed E-state index contributed by atoms with van der Waals surface area (Å²) in [4.78, 5) is 2.74. The molecule has 0 aliphatic carbocycles. The molecule has 2 heterocycles. The molecule has 4 unspecified atom stereocenters. The van der Waals surface area contributed by atoms with Crippen molar-refractivity contribution in [2.45, 2.75) is 40.2 Å². The van der Waals surface area contributed by atoms with Crippen molar-refractivity contribution in [3.8, 4) is 0 Å². The van der Waals surface area contributed by atoms with Gasteiger partial charge in [-0.1, -0.05) is 27.7 Å². The van der Waals surface area contributed by atoms with E-state index in [0.29, 0.717) is 0 Å². The molecule has 76 valence electrons. The summed E-state index contributed by atoms with van der Waals surface area (Å²) in [6, 6.07) is 0.888. The molecule has 2 rings (SSSR count). The SMILES string of the molecule is CC(C)C1C2CCN(C2)C1C(C)C. The van der Waals surface area contributed by atoms with Gasteiger partial charge in [-0.05, 0) is 36.6 Å². The van der Waals surface area contributed by atoms with Crippen LogP contribution in [0.4, 0.5) is 0 Å². The second-order valence-corrected chi connectivity index (χ2v) is 5.60. The molecule has 2 aliphatic rings. The van der Waals surface area contributed by atoms with Gasteiger partial charge >= 0.3 is 0 Å². The molecular formula is C12H23N. The monoisotopic (exact) mass is 181 g/mol. The van der Waals surface area contributed by atoms with E-state index in [1.165, 1.54) is 19.5 Å². The summed E-state index contributed by atoms with van der Waals surface area (Å²) in [7, 11) is 0. The lowest BCUT2D eigenvalue weighted by molar-refractivity contribution is 0.120. The van der Waals surface area contributed by atoms with Gasteiger partial charge in [0, 0.05) is 12.6 Å². The van der Waals surface area contributed by atoms with Crippen LogP contribution >= 0.6 is 0 Å². The molecule has 0 aromatic heterocycles. The van der Waals surface area contributed by atoms with E-state index < -0.39 is 0 Å². The molecule has 2 saturated heterocycles. The summed E-state index contributed by atoms with van der Waals surface area (Å²) in [5.74, 6) is 3.72. The molecule has 2 bridgehead atoms. The second kappa shape index (κ2) is 3.27. The van der Waals surface area contributed by atoms with Crippen molar-refractivity contribution in [3.63, 3.8) is 0 Å². The topological polar surface area (TPSA) is 3.24 Å². The van der Waals surface area contributed by atoms with Crippen LogP contribution in [0.15, 0.2) is 0 Å². The van der Waals surface area contributed by atoms with Crippen molar-refractivity contribution < 1.29 is 0 Å². The average Bonchev–Trinajstić information content (AvgIpc) is 2.60. The van der Waals surface area contributed by atoms with Gasteiger partial charge in [-0.3, -0.25) is 4.90 Å². The Morgan fingerprint density at radius 1 is 1.08 bits per heavy atom. The number of hydrogen-bond donors (Lipinski definition) is 0. The van der Waals surface area contributed by atoms with Crippen molar-refractivity contribution in [3.05, 3.63) is 0 Å². The van der Waals surface area contributed by atoms with Crippen LogP contribution in [0.3, 0.4) is 0 Å². The Bertz CT molecular complexity index is 166. The zero-order chi connectivity index (χ0) is 9.59. The third-order valence-electron chi connectivity index (χ3n) is 4.07. The first-order chi connectivity index (χ1) is 6.11. The number of piperidine rings is 1. The highest BCUT2D eigenvalue weighted by atomic mass is 15.2. The predicted molar refractivity (Wildman–Crippen MR) is 56.6 cm³/mol. The molecule has 0 aromatic rings. The molecular weight excluding hydrogens is 158 g/mol. The lowest BCUT2D eigenvalue weighted by Crippen LogP contribution is -2.41. The zero-order valence-corrected chi connectivity index (χ0v) is 9.46. The standard InChI is InChI=1S/C12H23N/c1-8(2)11-10-5-6-13(7-10)12(11)9(3)4/h8-12H,5-7H2,1-4H3. The number of hydrogen-bond acceptors (Lipinski definition) is 1.